The molecule has 1 fully saturated rings. The molecule has 5 rings (SSSR count). The van der Waals surface area contributed by atoms with Crippen molar-refractivity contribution in [3.05, 3.63) is 95.0 Å². The molecule has 38 heavy (non-hydrogen) atoms. The second kappa shape index (κ2) is 10.3. The first-order valence-electron chi connectivity index (χ1n) is 11.7. The minimum absolute atomic E-state index is 0.317. The van der Waals surface area contributed by atoms with Crippen LogP contribution in [-0.2, 0) is 10.0 Å². The molecule has 2 atom stereocenters. The molecule has 4 aromatic rings. The molecule has 1 aliphatic rings. The predicted octanol–water partition coefficient (Wildman–Crippen LogP) is 5.86. The fraction of sp³-hybridized carbons (Fsp3) is 0.185. The summed E-state index contributed by atoms with van der Waals surface area (Å²) in [5.74, 6) is 1.70. The minimum Gasteiger partial charge on any atom is -0.494 e. The maximum Gasteiger partial charge on any atom is 0.229 e. The summed E-state index contributed by atoms with van der Waals surface area (Å²) in [5, 5.41) is 4.48. The van der Waals surface area contributed by atoms with Crippen molar-refractivity contribution in [3.63, 3.8) is 0 Å². The molecular formula is C27H25ClN4O4S2. The summed E-state index contributed by atoms with van der Waals surface area (Å²) >= 11 is 12.1. The van der Waals surface area contributed by atoms with Crippen LogP contribution in [0, 0.1) is 6.92 Å². The average Bonchev–Trinajstić information content (AvgIpc) is 3.50. The zero-order chi connectivity index (χ0) is 27.0. The van der Waals surface area contributed by atoms with E-state index in [2.05, 4.69) is 15.0 Å². The molecule has 0 unspecified atom stereocenters. The molecule has 0 spiro atoms. The molecular weight excluding hydrogens is 544 g/mol. The Morgan fingerprint density at radius 2 is 1.95 bits per heavy atom. The van der Waals surface area contributed by atoms with Gasteiger partial charge in [-0.25, -0.2) is 8.42 Å². The number of pyridine rings is 1. The number of rotatable bonds is 7. The summed E-state index contributed by atoms with van der Waals surface area (Å²) < 4.78 is 38.1. The van der Waals surface area contributed by atoms with E-state index in [1.54, 1.807) is 24.4 Å². The van der Waals surface area contributed by atoms with E-state index in [1.165, 1.54) is 7.11 Å². The van der Waals surface area contributed by atoms with E-state index < -0.39 is 16.1 Å². The van der Waals surface area contributed by atoms with Crippen molar-refractivity contribution in [2.45, 2.75) is 19.0 Å². The molecule has 1 aliphatic heterocycles. The average molecular weight is 569 g/mol. The lowest BCUT2D eigenvalue weighted by Crippen LogP contribution is -2.29. The Morgan fingerprint density at radius 1 is 1.13 bits per heavy atom. The molecule has 196 valence electrons. The highest BCUT2D eigenvalue weighted by atomic mass is 35.5. The highest BCUT2D eigenvalue weighted by molar-refractivity contribution is 7.92. The Labute approximate surface area is 231 Å². The molecule has 2 aromatic heterocycles. The molecule has 0 saturated carbocycles. The fourth-order valence-corrected chi connectivity index (χ4v) is 5.64. The summed E-state index contributed by atoms with van der Waals surface area (Å²) in [6.45, 7) is 2.00. The monoisotopic (exact) mass is 568 g/mol. The SMILES string of the molecule is COc1cc(N2C(=S)N[C@H](c3ccccn3)[C@@H]2c2ccc(-c3cc(Cl)ccc3C)o2)ccc1NS(C)(=O)=O. The maximum atomic E-state index is 11.8. The topological polar surface area (TPSA) is 96.7 Å². The molecule has 8 nitrogen and oxygen atoms in total. The lowest BCUT2D eigenvalue weighted by molar-refractivity contribution is 0.416. The molecule has 0 radical (unpaired) electrons. The van der Waals surface area contributed by atoms with Gasteiger partial charge in [0.1, 0.15) is 23.3 Å². The van der Waals surface area contributed by atoms with Crippen molar-refractivity contribution in [3.8, 4) is 17.1 Å². The van der Waals surface area contributed by atoms with Crippen LogP contribution in [-0.4, -0.2) is 31.9 Å². The van der Waals surface area contributed by atoms with Crippen LogP contribution >= 0.6 is 23.8 Å². The Morgan fingerprint density at radius 3 is 2.66 bits per heavy atom. The van der Waals surface area contributed by atoms with Gasteiger partial charge in [-0.05, 0) is 73.2 Å². The van der Waals surface area contributed by atoms with Crippen LogP contribution in [0.2, 0.25) is 5.02 Å². The molecule has 2 N–H and O–H groups in total. The van der Waals surface area contributed by atoms with E-state index in [0.717, 1.165) is 23.1 Å². The predicted molar refractivity (Wildman–Crippen MR) is 153 cm³/mol. The first-order valence-corrected chi connectivity index (χ1v) is 14.3. The van der Waals surface area contributed by atoms with Gasteiger partial charge in [-0.15, -0.1) is 0 Å². The molecule has 1 saturated heterocycles. The third-order valence-electron chi connectivity index (χ3n) is 6.24. The van der Waals surface area contributed by atoms with Crippen LogP contribution in [0.3, 0.4) is 0 Å². The van der Waals surface area contributed by atoms with Crippen LogP contribution < -0.4 is 19.7 Å². The number of hydrogen-bond acceptors (Lipinski definition) is 6. The summed E-state index contributed by atoms with van der Waals surface area (Å²) in [4.78, 5) is 6.49. The highest BCUT2D eigenvalue weighted by Crippen LogP contribution is 2.44. The largest absolute Gasteiger partial charge is 0.494 e. The molecule has 0 aliphatic carbocycles. The zero-order valence-electron chi connectivity index (χ0n) is 20.8. The van der Waals surface area contributed by atoms with Crippen LogP contribution in [0.4, 0.5) is 11.4 Å². The van der Waals surface area contributed by atoms with Gasteiger partial charge < -0.3 is 19.4 Å². The number of furan rings is 1. The lowest BCUT2D eigenvalue weighted by atomic mass is 10.0. The van der Waals surface area contributed by atoms with Gasteiger partial charge in [-0.1, -0.05) is 23.7 Å². The Hall–Kier alpha value is -3.60. The van der Waals surface area contributed by atoms with Gasteiger partial charge in [-0.3, -0.25) is 9.71 Å². The second-order valence-corrected chi connectivity index (χ2v) is 11.5. The van der Waals surface area contributed by atoms with E-state index >= 15 is 0 Å². The zero-order valence-corrected chi connectivity index (χ0v) is 23.2. The quantitative estimate of drug-likeness (QED) is 0.268. The van der Waals surface area contributed by atoms with E-state index in [-0.39, 0.29) is 6.04 Å². The molecule has 0 amide bonds. The van der Waals surface area contributed by atoms with Crippen LogP contribution in [0.1, 0.15) is 29.1 Å². The number of thiocarbonyl (C=S) groups is 1. The van der Waals surface area contributed by atoms with Crippen LogP contribution in [0.25, 0.3) is 11.3 Å². The van der Waals surface area contributed by atoms with Gasteiger partial charge in [0.05, 0.1) is 30.8 Å². The van der Waals surface area contributed by atoms with E-state index in [1.807, 2.05) is 60.4 Å². The molecule has 0 bridgehead atoms. The summed E-state index contributed by atoms with van der Waals surface area (Å²) in [6, 6.07) is 19.7. The van der Waals surface area contributed by atoms with E-state index in [9.17, 15) is 8.42 Å². The molecule has 11 heteroatoms. The lowest BCUT2D eigenvalue weighted by Gasteiger charge is -2.27. The van der Waals surface area contributed by atoms with Gasteiger partial charge in [0.25, 0.3) is 0 Å². The van der Waals surface area contributed by atoms with Gasteiger partial charge in [0.15, 0.2) is 5.11 Å². The number of anilines is 2. The molecule has 3 heterocycles. The van der Waals surface area contributed by atoms with E-state index in [0.29, 0.717) is 38.8 Å². The number of sulfonamides is 1. The highest BCUT2D eigenvalue weighted by Gasteiger charge is 2.43. The third-order valence-corrected chi connectivity index (χ3v) is 7.38. The van der Waals surface area contributed by atoms with Crippen molar-refractivity contribution in [2.75, 3.05) is 23.0 Å². The fourth-order valence-electron chi connectivity index (χ4n) is 4.55. The van der Waals surface area contributed by atoms with Gasteiger partial charge in [-0.2, -0.15) is 0 Å². The Kier molecular flexibility index (Phi) is 7.04. The third kappa shape index (κ3) is 5.20. The second-order valence-electron chi connectivity index (χ2n) is 8.92. The van der Waals surface area contributed by atoms with Crippen molar-refractivity contribution in [1.82, 2.24) is 10.3 Å². The maximum absolute atomic E-state index is 11.8. The van der Waals surface area contributed by atoms with Crippen molar-refractivity contribution in [2.24, 2.45) is 0 Å². The number of methoxy groups -OCH3 is 1. The van der Waals surface area contributed by atoms with Crippen LogP contribution in [0.5, 0.6) is 5.75 Å². The van der Waals surface area contributed by atoms with E-state index in [4.69, 9.17) is 33.0 Å². The first-order chi connectivity index (χ1) is 18.1. The van der Waals surface area contributed by atoms with Crippen molar-refractivity contribution in [1.29, 1.82) is 0 Å². The summed E-state index contributed by atoms with van der Waals surface area (Å²) in [6.07, 6.45) is 2.82. The standard InChI is InChI=1S/C27H25ClN4O4S2/c1-16-7-8-17(28)14-19(16)22-11-12-23(36-22)26-25(21-6-4-5-13-29-21)30-27(37)32(26)18-9-10-20(24(15-18)35-2)31-38(3,33)34/h4-15,25-26,31H,1-3H3,(H,30,37)/t25-,26+/m1/s1. The summed E-state index contributed by atoms with van der Waals surface area (Å²) in [5.41, 5.74) is 3.75. The van der Waals surface area contributed by atoms with Gasteiger partial charge in [0.2, 0.25) is 10.0 Å². The number of ether oxygens (including phenoxy) is 1. The number of halogens is 1. The normalized spacial score (nSPS) is 17.4. The number of nitrogens with one attached hydrogen (secondary N) is 2. The molecule has 2 aromatic carbocycles. The summed E-state index contributed by atoms with van der Waals surface area (Å²) in [7, 11) is -2.02. The number of benzene rings is 2. The van der Waals surface area contributed by atoms with Crippen molar-refractivity contribution < 1.29 is 17.6 Å². The number of hydrogen-bond donors (Lipinski definition) is 2. The number of aryl methyl sites for hydroxylation is 1. The first kappa shape index (κ1) is 26.0. The number of nitrogens with zero attached hydrogens (tertiary/aromatic N) is 2. The van der Waals surface area contributed by atoms with Crippen LogP contribution in [0.15, 0.2) is 77.3 Å². The van der Waals surface area contributed by atoms with Gasteiger partial charge >= 0.3 is 0 Å². The minimum atomic E-state index is -3.50. The Balaban J connectivity index is 1.61. The number of aromatic nitrogens is 1. The Bertz CT molecular complexity index is 1610. The van der Waals surface area contributed by atoms with Crippen molar-refractivity contribution >= 4 is 50.3 Å². The smallest absolute Gasteiger partial charge is 0.229 e. The van der Waals surface area contributed by atoms with Gasteiger partial charge in [0, 0.05) is 28.5 Å².